The van der Waals surface area contributed by atoms with E-state index in [1.807, 2.05) is 44.2 Å². The highest BCUT2D eigenvalue weighted by Gasteiger charge is 2.20. The molecule has 0 amide bonds. The van der Waals surface area contributed by atoms with Crippen molar-refractivity contribution in [2.45, 2.75) is 45.8 Å². The minimum absolute atomic E-state index is 0.0819. The molecule has 0 unspecified atom stereocenters. The summed E-state index contributed by atoms with van der Waals surface area (Å²) in [5.41, 5.74) is 4.69. The Balaban J connectivity index is 1.80. The van der Waals surface area contributed by atoms with Crippen LogP contribution in [0, 0.1) is 27.7 Å². The third kappa shape index (κ3) is 3.77. The number of fused-ring (bicyclic) bond motifs is 1. The number of ketones is 1. The van der Waals surface area contributed by atoms with E-state index in [-0.39, 0.29) is 11.8 Å². The van der Waals surface area contributed by atoms with Crippen LogP contribution >= 0.6 is 11.8 Å². The quantitative estimate of drug-likeness (QED) is 0.457. The summed E-state index contributed by atoms with van der Waals surface area (Å²) in [5.74, 6) is 0.948. The lowest BCUT2D eigenvalue weighted by atomic mass is 10.2. The molecule has 0 fully saturated rings. The molecule has 0 aliphatic carbocycles. The molecule has 3 aromatic rings. The number of aryl methyl sites for hydroxylation is 3. The highest BCUT2D eigenvalue weighted by Crippen LogP contribution is 2.24. The van der Waals surface area contributed by atoms with Crippen molar-refractivity contribution in [3.8, 4) is 0 Å². The Labute approximate surface area is 163 Å². The fourth-order valence-electron chi connectivity index (χ4n) is 3.55. The van der Waals surface area contributed by atoms with E-state index in [0.717, 1.165) is 28.3 Å². The van der Waals surface area contributed by atoms with Crippen LogP contribution < -0.4 is 0 Å². The van der Waals surface area contributed by atoms with Crippen molar-refractivity contribution in [3.63, 3.8) is 0 Å². The molecule has 144 valence electrons. The van der Waals surface area contributed by atoms with Gasteiger partial charge in [0.2, 0.25) is 0 Å². The summed E-state index contributed by atoms with van der Waals surface area (Å²) in [6, 6.07) is 4.12. The van der Waals surface area contributed by atoms with E-state index in [2.05, 4.69) is 26.7 Å². The molecule has 3 aromatic heterocycles. The Hall–Kier alpha value is -2.19. The number of ether oxygens (including phenoxy) is 1. The maximum atomic E-state index is 12.8. The minimum atomic E-state index is 0.0819. The van der Waals surface area contributed by atoms with Gasteiger partial charge >= 0.3 is 0 Å². The molecule has 1 atom stereocenters. The third-order valence-corrected chi connectivity index (χ3v) is 5.56. The van der Waals surface area contributed by atoms with Crippen LogP contribution in [0.1, 0.15) is 46.1 Å². The van der Waals surface area contributed by atoms with Crippen molar-refractivity contribution in [2.75, 3.05) is 19.5 Å². The Morgan fingerprint density at radius 2 is 1.93 bits per heavy atom. The highest BCUT2D eigenvalue weighted by molar-refractivity contribution is 7.99. The standard InChI is InChI=1S/C19H25N5O2S/c1-11-7-12(2)24-18(20-11)21-22-19(24)27-10-17(25)16-8-13(3)23(15(16)5)14(4)9-26-6/h7-8,14H,9-10H2,1-6H3/t14-/m1/s1. The second-order valence-corrected chi connectivity index (χ2v) is 7.77. The van der Waals surface area contributed by atoms with Crippen LogP contribution in [0.25, 0.3) is 5.78 Å². The molecule has 0 spiro atoms. The molecule has 0 saturated heterocycles. The highest BCUT2D eigenvalue weighted by atomic mass is 32.2. The first-order chi connectivity index (χ1) is 12.8. The number of thioether (sulfide) groups is 1. The second-order valence-electron chi connectivity index (χ2n) is 6.83. The molecule has 0 aliphatic rings. The van der Waals surface area contributed by atoms with Gasteiger partial charge in [0.15, 0.2) is 10.9 Å². The minimum Gasteiger partial charge on any atom is -0.383 e. The van der Waals surface area contributed by atoms with Gasteiger partial charge in [0.25, 0.3) is 5.78 Å². The van der Waals surface area contributed by atoms with Gasteiger partial charge in [-0.2, -0.15) is 0 Å². The Bertz CT molecular complexity index is 992. The summed E-state index contributed by atoms with van der Waals surface area (Å²) >= 11 is 1.39. The molecule has 0 N–H and O–H groups in total. The maximum absolute atomic E-state index is 12.8. The number of carbonyl (C=O) groups excluding carboxylic acids is 1. The number of rotatable bonds is 7. The summed E-state index contributed by atoms with van der Waals surface area (Å²) in [7, 11) is 1.69. The predicted molar refractivity (Wildman–Crippen MR) is 106 cm³/mol. The van der Waals surface area contributed by atoms with Gasteiger partial charge in [-0.15, -0.1) is 10.2 Å². The molecule has 0 aliphatic heterocycles. The van der Waals surface area contributed by atoms with E-state index in [9.17, 15) is 4.79 Å². The first-order valence-corrected chi connectivity index (χ1v) is 9.84. The van der Waals surface area contributed by atoms with E-state index in [0.29, 0.717) is 23.3 Å². The fourth-order valence-corrected chi connectivity index (χ4v) is 4.42. The zero-order valence-corrected chi connectivity index (χ0v) is 17.4. The average Bonchev–Trinajstić information content (AvgIpc) is 3.13. The summed E-state index contributed by atoms with van der Waals surface area (Å²) in [6.45, 7) is 10.6. The van der Waals surface area contributed by atoms with Gasteiger partial charge in [-0.3, -0.25) is 9.20 Å². The zero-order chi connectivity index (χ0) is 19.7. The van der Waals surface area contributed by atoms with Crippen LogP contribution in [0.2, 0.25) is 0 Å². The number of carbonyl (C=O) groups is 1. The van der Waals surface area contributed by atoms with E-state index in [1.165, 1.54) is 11.8 Å². The van der Waals surface area contributed by atoms with E-state index >= 15 is 0 Å². The molecule has 8 heteroatoms. The van der Waals surface area contributed by atoms with Crippen LogP contribution in [0.15, 0.2) is 17.3 Å². The van der Waals surface area contributed by atoms with Gasteiger partial charge in [0, 0.05) is 35.4 Å². The average molecular weight is 388 g/mol. The Morgan fingerprint density at radius 3 is 2.63 bits per heavy atom. The van der Waals surface area contributed by atoms with Crippen LogP contribution in [0.3, 0.4) is 0 Å². The zero-order valence-electron chi connectivity index (χ0n) is 16.6. The molecular weight excluding hydrogens is 362 g/mol. The number of nitrogens with zero attached hydrogens (tertiary/aromatic N) is 5. The van der Waals surface area contributed by atoms with Crippen LogP contribution in [-0.2, 0) is 4.74 Å². The summed E-state index contributed by atoms with van der Waals surface area (Å²) < 4.78 is 9.30. The van der Waals surface area contributed by atoms with E-state index < -0.39 is 0 Å². The molecule has 7 nitrogen and oxygen atoms in total. The van der Waals surface area contributed by atoms with Crippen LogP contribution in [0.5, 0.6) is 0 Å². The number of Topliss-reactive ketones (excluding diaryl/α,β-unsaturated/α-hetero) is 1. The van der Waals surface area contributed by atoms with Crippen LogP contribution in [0.4, 0.5) is 0 Å². The number of hydrogen-bond acceptors (Lipinski definition) is 6. The molecular formula is C19H25N5O2S. The topological polar surface area (TPSA) is 74.3 Å². The van der Waals surface area contributed by atoms with Gasteiger partial charge in [0.05, 0.1) is 18.4 Å². The van der Waals surface area contributed by atoms with Crippen molar-refractivity contribution in [1.29, 1.82) is 0 Å². The summed E-state index contributed by atoms with van der Waals surface area (Å²) in [4.78, 5) is 17.2. The lowest BCUT2D eigenvalue weighted by molar-refractivity contribution is 0.102. The van der Waals surface area contributed by atoms with E-state index in [1.54, 1.807) is 7.11 Å². The van der Waals surface area contributed by atoms with Gasteiger partial charge in [-0.1, -0.05) is 11.8 Å². The fraction of sp³-hybridized carbons (Fsp3) is 0.474. The first kappa shape index (κ1) is 19.6. The normalized spacial score (nSPS) is 12.7. The second kappa shape index (κ2) is 7.82. The van der Waals surface area contributed by atoms with Crippen LogP contribution in [-0.4, -0.2) is 49.4 Å². The van der Waals surface area contributed by atoms with Crippen molar-refractivity contribution in [3.05, 3.63) is 40.5 Å². The molecule has 0 bridgehead atoms. The largest absolute Gasteiger partial charge is 0.383 e. The van der Waals surface area contributed by atoms with Crippen molar-refractivity contribution in [1.82, 2.24) is 24.1 Å². The lowest BCUT2D eigenvalue weighted by Crippen LogP contribution is -2.14. The molecule has 3 heterocycles. The number of aromatic nitrogens is 5. The monoisotopic (exact) mass is 387 g/mol. The molecule has 27 heavy (non-hydrogen) atoms. The van der Waals surface area contributed by atoms with Crippen molar-refractivity contribution >= 4 is 23.3 Å². The number of hydrogen-bond donors (Lipinski definition) is 0. The SMILES string of the molecule is COC[C@@H](C)n1c(C)cc(C(=O)CSc2nnc3nc(C)cc(C)n23)c1C. The third-order valence-electron chi connectivity index (χ3n) is 4.63. The molecule has 0 aromatic carbocycles. The Kier molecular flexibility index (Phi) is 5.67. The van der Waals surface area contributed by atoms with E-state index in [4.69, 9.17) is 4.74 Å². The molecule has 0 saturated carbocycles. The van der Waals surface area contributed by atoms with Gasteiger partial charge in [-0.05, 0) is 46.8 Å². The van der Waals surface area contributed by atoms with Gasteiger partial charge in [-0.25, -0.2) is 4.98 Å². The molecule has 3 rings (SSSR count). The summed E-state index contributed by atoms with van der Waals surface area (Å²) in [6.07, 6.45) is 0. The van der Waals surface area contributed by atoms with Gasteiger partial charge < -0.3 is 9.30 Å². The van der Waals surface area contributed by atoms with Crippen molar-refractivity contribution < 1.29 is 9.53 Å². The van der Waals surface area contributed by atoms with Gasteiger partial charge in [0.1, 0.15) is 0 Å². The van der Waals surface area contributed by atoms with Crippen molar-refractivity contribution in [2.24, 2.45) is 0 Å². The Morgan fingerprint density at radius 1 is 1.19 bits per heavy atom. The number of methoxy groups -OCH3 is 1. The molecule has 0 radical (unpaired) electrons. The summed E-state index contributed by atoms with van der Waals surface area (Å²) in [5, 5.41) is 9.01. The lowest BCUT2D eigenvalue weighted by Gasteiger charge is -2.17. The first-order valence-electron chi connectivity index (χ1n) is 8.86. The predicted octanol–water partition coefficient (Wildman–Crippen LogP) is 3.34. The smallest absolute Gasteiger partial charge is 0.256 e. The maximum Gasteiger partial charge on any atom is 0.256 e.